The number of benzene rings is 7. The monoisotopic (exact) mass is 1850 g/mol. The molecule has 4 atom stereocenters. The van der Waals surface area contributed by atoms with Crippen LogP contribution in [-0.2, 0) is 47.5 Å². The summed E-state index contributed by atoms with van der Waals surface area (Å²) in [6.45, 7) is 15.3. The number of anilines is 1. The van der Waals surface area contributed by atoms with Crippen LogP contribution in [0.2, 0.25) is 5.02 Å². The van der Waals surface area contributed by atoms with E-state index in [0.29, 0.717) is 97.6 Å². The van der Waals surface area contributed by atoms with E-state index in [1.165, 1.54) is 12.4 Å². The second-order valence-electron chi connectivity index (χ2n) is 34.8. The molecular weight excluding hydrogens is 1750 g/mol. The van der Waals surface area contributed by atoms with Crippen molar-refractivity contribution in [2.45, 2.75) is 117 Å². The second kappa shape index (κ2) is 39.7. The summed E-state index contributed by atoms with van der Waals surface area (Å²) in [6, 6.07) is 62.8. The van der Waals surface area contributed by atoms with Crippen LogP contribution in [-0.4, -0.2) is 109 Å². The second-order valence-corrected chi connectivity index (χ2v) is 35.2. The number of carbonyl (C=O) groups is 2. The number of amides is 2. The van der Waals surface area contributed by atoms with Gasteiger partial charge in [0.2, 0.25) is 0 Å². The number of carbonyl (C=O) groups excluding carboxylic acids is 2. The zero-order valence-electron chi connectivity index (χ0n) is 78.1. The molecule has 1 aliphatic carbocycles. The normalized spacial score (nSPS) is 12.6. The Morgan fingerprint density at radius 1 is 0.406 bits per heavy atom. The molecule has 5 N–H and O–H groups in total. The third-order valence-corrected chi connectivity index (χ3v) is 24.9. The fraction of sp³-hybridized carbons (Fsp3) is 0.206. The van der Waals surface area contributed by atoms with Gasteiger partial charge in [0, 0.05) is 157 Å². The molecule has 0 radical (unpaired) electrons. The third-order valence-electron chi connectivity index (χ3n) is 24.6. The summed E-state index contributed by atoms with van der Waals surface area (Å²) in [5.74, 6) is 1.46. The lowest BCUT2D eigenvalue weighted by Gasteiger charge is -2.22. The number of rotatable bonds is 22. The molecule has 0 aliphatic heterocycles. The molecule has 12 heterocycles. The van der Waals surface area contributed by atoms with Crippen molar-refractivity contribution in [3.05, 3.63) is 389 Å². The maximum absolute atomic E-state index is 14.2. The molecule has 0 saturated heterocycles. The number of pyridine rings is 4. The zero-order valence-corrected chi connectivity index (χ0v) is 78.9. The highest BCUT2D eigenvalue weighted by Gasteiger charge is 2.32. The Morgan fingerprint density at radius 2 is 0.725 bits per heavy atom. The standard InChI is InChI=1S/2C28H26N6O2.C26H23ClN6O.C25H24N6O/c2*1-17(12-24-23(27(29)35)15-30-18(2)32-24)25-13-19-8-7-11-22(20-14-31-33(3)16-20)26(19)28(36)34(25)21-9-5-4-6-10-21;1-16(30-25-22(27)14-28-17(2)31-25)23-12-18-8-7-11-21(19-13-29-32(3)15-19)24(18)26(34)33(23)20-9-5-4-6-10-20;1-15(9-22-18(11-26)12-27-16(2)29-22)23-10-17-5-4-6-21(19-13-28-30(3)14-19)24(17)25(32)31(23)20-7-8-20/h2*4-11,13-17H,12H2,1-3H3,(H2,29,35);4-16H,1-3H3,(H,28,30,31);4-6,10,12-15,20H,7-9H2,1-3H3/t2*17-;16-;15-/m1101/s1. The number of nitrogens with one attached hydrogen (secondary N) is 1. The van der Waals surface area contributed by atoms with Gasteiger partial charge in [0.1, 0.15) is 40.2 Å². The molecule has 19 aromatic rings. The van der Waals surface area contributed by atoms with E-state index in [4.69, 9.17) is 23.1 Å². The molecule has 690 valence electrons. The summed E-state index contributed by atoms with van der Waals surface area (Å²) >= 11 is 6.34. The summed E-state index contributed by atoms with van der Waals surface area (Å²) in [6.07, 6.45) is 24.3. The Labute approximate surface area is 798 Å². The van der Waals surface area contributed by atoms with Crippen LogP contribution in [0.3, 0.4) is 0 Å². The Morgan fingerprint density at radius 3 is 1.08 bits per heavy atom. The average Bonchev–Trinajstić information content (AvgIpc) is 1.57. The van der Waals surface area contributed by atoms with Gasteiger partial charge < -0.3 is 21.4 Å². The van der Waals surface area contributed by atoms with E-state index >= 15 is 0 Å². The SMILES string of the molecule is Cc1ncc(C#N)c(C[C@@H](C)c2cc3cccc(-c4cnn(C)c4)c3c(=O)n2C2CC2)n1.Cc1ncc(C(N)=O)c(C[C@@H](C)c2cc3cccc(-c4cnn(C)c4)c3c(=O)n2-c2ccccc2)n1.Cc1ncc(C(N)=O)c(C[C@@H](C)c2cc3cccc(-c4cnn(C)c4)c3c(=O)n2-c2ccccc2)n1.Cc1ncc(Cl)c(N[C@@H](C)c2cc3cccc(-c4cnn(C)c4)c3c(=O)n2-c2ccccc2)n1. The minimum absolute atomic E-state index is 0.0242. The van der Waals surface area contributed by atoms with Crippen molar-refractivity contribution in [2.24, 2.45) is 39.7 Å². The summed E-state index contributed by atoms with van der Waals surface area (Å²) in [4.78, 5) is 115. The minimum Gasteiger partial charge on any atom is -0.365 e. The summed E-state index contributed by atoms with van der Waals surface area (Å²) in [5.41, 5.74) is 26.6. The number of hydrogen-bond donors (Lipinski definition) is 3. The lowest BCUT2D eigenvalue weighted by molar-refractivity contribution is 0.0989. The lowest BCUT2D eigenvalue weighted by atomic mass is 9.94. The van der Waals surface area contributed by atoms with Gasteiger partial charge in [-0.2, -0.15) is 25.7 Å². The molecule has 20 rings (SSSR count). The van der Waals surface area contributed by atoms with E-state index < -0.39 is 11.8 Å². The number of nitrogens with zero attached hydrogens (tertiary/aromatic N) is 21. The maximum Gasteiger partial charge on any atom is 0.263 e. The van der Waals surface area contributed by atoms with E-state index in [-0.39, 0.29) is 52.1 Å². The largest absolute Gasteiger partial charge is 0.365 e. The van der Waals surface area contributed by atoms with Crippen LogP contribution in [0.25, 0.3) is 105 Å². The van der Waals surface area contributed by atoms with Gasteiger partial charge in [-0.25, -0.2) is 39.9 Å². The van der Waals surface area contributed by atoms with Crippen molar-refractivity contribution < 1.29 is 9.59 Å². The van der Waals surface area contributed by atoms with Gasteiger partial charge in [-0.1, -0.05) is 160 Å². The van der Waals surface area contributed by atoms with Gasteiger partial charge in [-0.3, -0.25) is 61.2 Å². The minimum atomic E-state index is -0.572. The molecule has 30 nitrogen and oxygen atoms in total. The number of halogens is 1. The van der Waals surface area contributed by atoms with Crippen LogP contribution in [0.5, 0.6) is 0 Å². The topological polar surface area (TPSA) is 384 Å². The fourth-order valence-electron chi connectivity index (χ4n) is 18.0. The average molecular weight is 1850 g/mol. The van der Waals surface area contributed by atoms with Crippen molar-refractivity contribution in [3.63, 3.8) is 0 Å². The summed E-state index contributed by atoms with van der Waals surface area (Å²) < 4.78 is 14.2. The highest BCUT2D eigenvalue weighted by Crippen LogP contribution is 2.41. The highest BCUT2D eigenvalue weighted by molar-refractivity contribution is 6.32. The maximum atomic E-state index is 14.2. The third kappa shape index (κ3) is 19.5. The Balaban J connectivity index is 0.000000127. The first-order valence-electron chi connectivity index (χ1n) is 45.1. The van der Waals surface area contributed by atoms with E-state index in [1.807, 2.05) is 274 Å². The number of aryl methyl sites for hydroxylation is 8. The molecule has 31 heteroatoms. The van der Waals surface area contributed by atoms with Crippen molar-refractivity contribution in [2.75, 3.05) is 5.32 Å². The van der Waals surface area contributed by atoms with Crippen LogP contribution < -0.4 is 39.0 Å². The van der Waals surface area contributed by atoms with Crippen LogP contribution in [0.4, 0.5) is 5.82 Å². The van der Waals surface area contributed by atoms with E-state index in [1.54, 1.807) is 83.5 Å². The van der Waals surface area contributed by atoms with Gasteiger partial charge in [-0.05, 0) is 171 Å². The van der Waals surface area contributed by atoms with Crippen molar-refractivity contribution in [1.29, 1.82) is 5.26 Å². The molecule has 1 saturated carbocycles. The van der Waals surface area contributed by atoms with Crippen molar-refractivity contribution in [3.8, 4) is 67.6 Å². The Kier molecular flexibility index (Phi) is 26.7. The molecule has 0 spiro atoms. The summed E-state index contributed by atoms with van der Waals surface area (Å²) in [5, 5.41) is 36.5. The lowest BCUT2D eigenvalue weighted by Crippen LogP contribution is -2.26. The number of nitriles is 1. The van der Waals surface area contributed by atoms with Gasteiger partial charge >= 0.3 is 0 Å². The molecule has 138 heavy (non-hydrogen) atoms. The number of hydrogen-bond acceptors (Lipinski definition) is 20. The van der Waals surface area contributed by atoms with Crippen molar-refractivity contribution in [1.82, 2.24) is 97.3 Å². The van der Waals surface area contributed by atoms with Crippen molar-refractivity contribution >= 4 is 72.3 Å². The van der Waals surface area contributed by atoms with Crippen LogP contribution in [0.15, 0.2) is 282 Å². The summed E-state index contributed by atoms with van der Waals surface area (Å²) in [7, 11) is 7.45. The first-order chi connectivity index (χ1) is 66.5. The van der Waals surface area contributed by atoms with E-state index in [2.05, 4.69) is 84.6 Å². The molecule has 0 unspecified atom stereocenters. The number of para-hydroxylation sites is 3. The van der Waals surface area contributed by atoms with Gasteiger partial charge in [-0.15, -0.1) is 0 Å². The molecule has 2 amide bonds. The number of fused-ring (bicyclic) bond motifs is 4. The molecule has 12 aromatic heterocycles. The number of aromatic nitrogens is 20. The molecular formula is C107H99ClN24O6. The predicted molar refractivity (Wildman–Crippen MR) is 536 cm³/mol. The van der Waals surface area contributed by atoms with E-state index in [0.717, 1.165) is 130 Å². The first-order valence-corrected chi connectivity index (χ1v) is 45.5. The van der Waals surface area contributed by atoms with Gasteiger partial charge in [0.15, 0.2) is 0 Å². The van der Waals surface area contributed by atoms with Gasteiger partial charge in [0.05, 0.1) is 92.3 Å². The van der Waals surface area contributed by atoms with Crippen LogP contribution in [0.1, 0.15) is 160 Å². The molecule has 1 aliphatic rings. The van der Waals surface area contributed by atoms with Crippen LogP contribution >= 0.6 is 11.6 Å². The molecule has 1 fully saturated rings. The fourth-order valence-corrected chi connectivity index (χ4v) is 18.1. The number of nitrogens with two attached hydrogens (primary N) is 2. The highest BCUT2D eigenvalue weighted by atomic mass is 35.5. The predicted octanol–water partition coefficient (Wildman–Crippen LogP) is 17.2. The van der Waals surface area contributed by atoms with Gasteiger partial charge in [0.25, 0.3) is 34.1 Å². The first kappa shape index (κ1) is 92.9. The Hall–Kier alpha value is -16.9. The molecule has 7 aromatic carbocycles. The molecule has 0 bridgehead atoms. The quantitative estimate of drug-likeness (QED) is 0.0567. The zero-order chi connectivity index (χ0) is 97.0. The van der Waals surface area contributed by atoms with E-state index in [9.17, 15) is 34.0 Å². The smallest absolute Gasteiger partial charge is 0.263 e. The Bertz CT molecular complexity index is 7960. The van der Waals surface area contributed by atoms with Crippen LogP contribution in [0, 0.1) is 39.0 Å². The number of primary amides is 2.